The number of carbonyl (C=O) groups is 1. The van der Waals surface area contributed by atoms with E-state index in [2.05, 4.69) is 32.5 Å². The SMILES string of the molecule is CC(C)(C)SCC1CCCCC1.O=CO. The normalized spacial score (nSPS) is 17.8. The van der Waals surface area contributed by atoms with Crippen molar-refractivity contribution in [3.8, 4) is 0 Å². The van der Waals surface area contributed by atoms with Gasteiger partial charge in [0.1, 0.15) is 0 Å². The Balaban J connectivity index is 0.000000583. The Morgan fingerprint density at radius 1 is 1.27 bits per heavy atom. The minimum Gasteiger partial charge on any atom is -0.483 e. The summed E-state index contributed by atoms with van der Waals surface area (Å²) in [5.74, 6) is 2.42. The third kappa shape index (κ3) is 10.1. The molecule has 1 aliphatic carbocycles. The maximum atomic E-state index is 8.36. The van der Waals surface area contributed by atoms with E-state index in [0.29, 0.717) is 4.75 Å². The van der Waals surface area contributed by atoms with E-state index in [1.807, 2.05) is 0 Å². The molecule has 0 radical (unpaired) electrons. The van der Waals surface area contributed by atoms with Crippen LogP contribution in [0.15, 0.2) is 0 Å². The molecule has 0 heterocycles. The summed E-state index contributed by atoms with van der Waals surface area (Å²) in [5.41, 5.74) is 0. The Morgan fingerprint density at radius 2 is 1.73 bits per heavy atom. The van der Waals surface area contributed by atoms with Gasteiger partial charge in [-0.2, -0.15) is 11.8 Å². The lowest BCUT2D eigenvalue weighted by Crippen LogP contribution is -2.15. The van der Waals surface area contributed by atoms with Crippen LogP contribution in [0.4, 0.5) is 0 Å². The maximum absolute atomic E-state index is 8.36. The van der Waals surface area contributed by atoms with E-state index >= 15 is 0 Å². The molecular formula is C12H24O2S. The lowest BCUT2D eigenvalue weighted by molar-refractivity contribution is -0.122. The van der Waals surface area contributed by atoms with Crippen LogP contribution in [0.25, 0.3) is 0 Å². The molecule has 90 valence electrons. The van der Waals surface area contributed by atoms with Crippen molar-refractivity contribution in [3.63, 3.8) is 0 Å². The van der Waals surface area contributed by atoms with Crippen molar-refractivity contribution in [3.05, 3.63) is 0 Å². The highest BCUT2D eigenvalue weighted by atomic mass is 32.2. The van der Waals surface area contributed by atoms with Gasteiger partial charge in [0.15, 0.2) is 0 Å². The van der Waals surface area contributed by atoms with Crippen LogP contribution in [0.1, 0.15) is 52.9 Å². The molecule has 0 aromatic carbocycles. The number of rotatable bonds is 2. The molecule has 1 fully saturated rings. The highest BCUT2D eigenvalue weighted by molar-refractivity contribution is 8.00. The number of hydrogen-bond donors (Lipinski definition) is 1. The molecule has 0 saturated heterocycles. The fourth-order valence-electron chi connectivity index (χ4n) is 1.72. The zero-order valence-electron chi connectivity index (χ0n) is 10.2. The largest absolute Gasteiger partial charge is 0.483 e. The van der Waals surface area contributed by atoms with Crippen LogP contribution in [0, 0.1) is 5.92 Å². The van der Waals surface area contributed by atoms with Crippen molar-refractivity contribution in [1.82, 2.24) is 0 Å². The molecule has 1 N–H and O–H groups in total. The fraction of sp³-hybridized carbons (Fsp3) is 0.917. The van der Waals surface area contributed by atoms with Crippen LogP contribution >= 0.6 is 11.8 Å². The van der Waals surface area contributed by atoms with Gasteiger partial charge in [0.2, 0.25) is 0 Å². The van der Waals surface area contributed by atoms with Gasteiger partial charge in [0, 0.05) is 4.75 Å². The number of thioether (sulfide) groups is 1. The smallest absolute Gasteiger partial charge is 0.290 e. The van der Waals surface area contributed by atoms with Crippen LogP contribution < -0.4 is 0 Å². The molecule has 1 saturated carbocycles. The van der Waals surface area contributed by atoms with E-state index in [1.165, 1.54) is 37.9 Å². The molecule has 0 aromatic heterocycles. The van der Waals surface area contributed by atoms with Crippen molar-refractivity contribution in [2.24, 2.45) is 5.92 Å². The van der Waals surface area contributed by atoms with Crippen LogP contribution in [0.3, 0.4) is 0 Å². The van der Waals surface area contributed by atoms with E-state index in [9.17, 15) is 0 Å². The molecule has 15 heavy (non-hydrogen) atoms. The lowest BCUT2D eigenvalue weighted by atomic mass is 9.91. The molecule has 0 bridgehead atoms. The predicted octanol–water partition coefficient (Wildman–Crippen LogP) is 3.80. The van der Waals surface area contributed by atoms with Crippen molar-refractivity contribution in [2.45, 2.75) is 57.6 Å². The first-order chi connectivity index (χ1) is 6.99. The molecule has 2 nitrogen and oxygen atoms in total. The van der Waals surface area contributed by atoms with Crippen LogP contribution in [0.2, 0.25) is 0 Å². The molecule has 0 aromatic rings. The standard InChI is InChI=1S/C11H22S.CH2O2/c1-11(2,3)12-9-10-7-5-4-6-8-10;2-1-3/h10H,4-9H2,1-3H3;1H,(H,2,3). The van der Waals surface area contributed by atoms with Gasteiger partial charge in [0.25, 0.3) is 6.47 Å². The molecule has 3 heteroatoms. The van der Waals surface area contributed by atoms with Gasteiger partial charge in [0.05, 0.1) is 0 Å². The first kappa shape index (κ1) is 14.8. The first-order valence-electron chi connectivity index (χ1n) is 5.71. The van der Waals surface area contributed by atoms with Gasteiger partial charge in [-0.15, -0.1) is 0 Å². The first-order valence-corrected chi connectivity index (χ1v) is 6.70. The Bertz CT molecular complexity index is 157. The summed E-state index contributed by atoms with van der Waals surface area (Å²) < 4.78 is 0.470. The van der Waals surface area contributed by atoms with Gasteiger partial charge >= 0.3 is 0 Å². The molecule has 0 aliphatic heterocycles. The molecular weight excluding hydrogens is 208 g/mol. The summed E-state index contributed by atoms with van der Waals surface area (Å²) in [6.07, 6.45) is 7.42. The van der Waals surface area contributed by atoms with Crippen molar-refractivity contribution < 1.29 is 9.90 Å². The second-order valence-corrected chi connectivity index (χ2v) is 6.88. The topological polar surface area (TPSA) is 37.3 Å². The van der Waals surface area contributed by atoms with Crippen LogP contribution in [0.5, 0.6) is 0 Å². The molecule has 0 atom stereocenters. The zero-order valence-corrected chi connectivity index (χ0v) is 11.0. The second kappa shape index (κ2) is 8.03. The highest BCUT2D eigenvalue weighted by Gasteiger charge is 2.17. The monoisotopic (exact) mass is 232 g/mol. The Hall–Kier alpha value is -0.180. The van der Waals surface area contributed by atoms with Crippen molar-refractivity contribution in [1.29, 1.82) is 0 Å². The summed E-state index contributed by atoms with van der Waals surface area (Å²) in [7, 11) is 0. The molecule has 0 spiro atoms. The minimum atomic E-state index is -0.250. The highest BCUT2D eigenvalue weighted by Crippen LogP contribution is 2.31. The van der Waals surface area contributed by atoms with Gasteiger partial charge < -0.3 is 5.11 Å². The second-order valence-electron chi connectivity index (χ2n) is 5.03. The quantitative estimate of drug-likeness (QED) is 0.736. The third-order valence-corrected chi connectivity index (χ3v) is 3.98. The molecule has 1 aliphatic rings. The van der Waals surface area contributed by atoms with E-state index in [4.69, 9.17) is 9.90 Å². The molecule has 0 unspecified atom stereocenters. The van der Waals surface area contributed by atoms with E-state index < -0.39 is 0 Å². The summed E-state index contributed by atoms with van der Waals surface area (Å²) in [6, 6.07) is 0. The van der Waals surface area contributed by atoms with Gasteiger partial charge in [-0.25, -0.2) is 0 Å². The summed E-state index contributed by atoms with van der Waals surface area (Å²) >= 11 is 2.14. The summed E-state index contributed by atoms with van der Waals surface area (Å²) in [5, 5.41) is 6.89. The molecule has 1 rings (SSSR count). The Labute approximate surface area is 97.8 Å². The van der Waals surface area contributed by atoms with Crippen LogP contribution in [-0.4, -0.2) is 22.1 Å². The number of carboxylic acid groups (broad SMARTS) is 1. The van der Waals surface area contributed by atoms with Gasteiger partial charge in [-0.05, 0) is 24.5 Å². The molecule has 0 amide bonds. The summed E-state index contributed by atoms with van der Waals surface area (Å²) in [4.78, 5) is 8.36. The predicted molar refractivity (Wildman–Crippen MR) is 67.5 cm³/mol. The van der Waals surface area contributed by atoms with Gasteiger partial charge in [-0.1, -0.05) is 40.0 Å². The third-order valence-electron chi connectivity index (χ3n) is 2.48. The fourth-order valence-corrected chi connectivity index (χ4v) is 2.79. The Kier molecular flexibility index (Phi) is 7.93. The van der Waals surface area contributed by atoms with Crippen LogP contribution in [-0.2, 0) is 4.79 Å². The van der Waals surface area contributed by atoms with Gasteiger partial charge in [-0.3, -0.25) is 4.79 Å². The lowest BCUT2D eigenvalue weighted by Gasteiger charge is -2.25. The van der Waals surface area contributed by atoms with E-state index in [-0.39, 0.29) is 6.47 Å². The van der Waals surface area contributed by atoms with E-state index in [0.717, 1.165) is 5.92 Å². The average Bonchev–Trinajstić information content (AvgIpc) is 2.17. The maximum Gasteiger partial charge on any atom is 0.290 e. The average molecular weight is 232 g/mol. The van der Waals surface area contributed by atoms with Crippen molar-refractivity contribution in [2.75, 3.05) is 5.75 Å². The minimum absolute atomic E-state index is 0.250. The number of hydrogen-bond acceptors (Lipinski definition) is 2. The van der Waals surface area contributed by atoms with E-state index in [1.54, 1.807) is 0 Å². The Morgan fingerprint density at radius 3 is 2.13 bits per heavy atom. The zero-order chi connectivity index (χ0) is 11.7. The van der Waals surface area contributed by atoms with Crippen molar-refractivity contribution >= 4 is 18.2 Å². The summed E-state index contributed by atoms with van der Waals surface area (Å²) in [6.45, 7) is 6.71.